The van der Waals surface area contributed by atoms with E-state index in [1.54, 1.807) is 0 Å². The first kappa shape index (κ1) is 14.6. The average molecular weight is 273 g/mol. The van der Waals surface area contributed by atoms with E-state index in [1.165, 1.54) is 5.39 Å². The number of carbonyl (C=O) groups excluding carboxylic acids is 1. The van der Waals surface area contributed by atoms with Gasteiger partial charge < -0.3 is 16.0 Å². The van der Waals surface area contributed by atoms with Crippen LogP contribution >= 0.6 is 0 Å². The van der Waals surface area contributed by atoms with Crippen molar-refractivity contribution in [2.24, 2.45) is 11.7 Å². The van der Waals surface area contributed by atoms with E-state index in [0.29, 0.717) is 12.5 Å². The second kappa shape index (κ2) is 6.09. The predicted molar refractivity (Wildman–Crippen MR) is 82.3 cm³/mol. The summed E-state index contributed by atoms with van der Waals surface area (Å²) < 4.78 is 0. The summed E-state index contributed by atoms with van der Waals surface area (Å²) in [7, 11) is 0. The molecule has 0 aliphatic carbocycles. The van der Waals surface area contributed by atoms with Gasteiger partial charge in [0, 0.05) is 17.8 Å². The third-order valence-corrected chi connectivity index (χ3v) is 3.42. The van der Waals surface area contributed by atoms with Gasteiger partial charge >= 0.3 is 0 Å². The zero-order chi connectivity index (χ0) is 14.7. The molecule has 2 aromatic rings. The van der Waals surface area contributed by atoms with Gasteiger partial charge in [0.2, 0.25) is 5.91 Å². The molecule has 0 fully saturated rings. The average Bonchev–Trinajstić information content (AvgIpc) is 2.72. The Morgan fingerprint density at radius 2 is 2.10 bits per heavy atom. The number of benzene rings is 1. The van der Waals surface area contributed by atoms with Crippen molar-refractivity contribution >= 4 is 16.8 Å². The molecule has 1 aromatic heterocycles. The molecule has 1 amide bonds. The number of fused-ring (bicyclic) bond motifs is 1. The highest BCUT2D eigenvalue weighted by molar-refractivity contribution is 5.81. The summed E-state index contributed by atoms with van der Waals surface area (Å²) in [6.07, 6.45) is 0.765. The molecular weight excluding hydrogens is 250 g/mol. The number of nitrogens with two attached hydrogens (primary N) is 1. The first-order valence-electron chi connectivity index (χ1n) is 7.06. The molecule has 0 radical (unpaired) electrons. The molecule has 0 aliphatic heterocycles. The number of nitrogens with one attached hydrogen (secondary N) is 2. The lowest BCUT2D eigenvalue weighted by molar-refractivity contribution is -0.120. The highest BCUT2D eigenvalue weighted by Crippen LogP contribution is 2.17. The van der Waals surface area contributed by atoms with Crippen LogP contribution in [0, 0.1) is 12.8 Å². The van der Waals surface area contributed by atoms with E-state index in [4.69, 9.17) is 5.73 Å². The van der Waals surface area contributed by atoms with Crippen LogP contribution in [0.2, 0.25) is 0 Å². The summed E-state index contributed by atoms with van der Waals surface area (Å²) in [6.45, 7) is 6.88. The minimum Gasteiger partial charge on any atom is -0.368 e. The fraction of sp³-hybridized carbons (Fsp3) is 0.438. The summed E-state index contributed by atoms with van der Waals surface area (Å²) >= 11 is 0. The van der Waals surface area contributed by atoms with Gasteiger partial charge in [0.1, 0.15) is 0 Å². The highest BCUT2D eigenvalue weighted by Gasteiger charge is 2.16. The minimum atomic E-state index is -0.280. The van der Waals surface area contributed by atoms with Crippen molar-refractivity contribution in [3.63, 3.8) is 0 Å². The fourth-order valence-corrected chi connectivity index (χ4v) is 2.45. The van der Waals surface area contributed by atoms with E-state index in [1.807, 2.05) is 6.92 Å². The van der Waals surface area contributed by atoms with Crippen LogP contribution in [0.25, 0.3) is 10.9 Å². The number of carbonyl (C=O) groups is 1. The first-order valence-corrected chi connectivity index (χ1v) is 7.06. The molecule has 2 rings (SSSR count). The van der Waals surface area contributed by atoms with Crippen molar-refractivity contribution in [1.29, 1.82) is 0 Å². The molecule has 4 heteroatoms. The molecule has 1 unspecified atom stereocenters. The van der Waals surface area contributed by atoms with Gasteiger partial charge in [0.05, 0.1) is 6.04 Å². The largest absolute Gasteiger partial charge is 0.368 e. The third kappa shape index (κ3) is 3.61. The zero-order valence-electron chi connectivity index (χ0n) is 12.4. The molecule has 0 spiro atoms. The molecule has 1 aromatic carbocycles. The van der Waals surface area contributed by atoms with Gasteiger partial charge in [-0.3, -0.25) is 4.79 Å². The van der Waals surface area contributed by atoms with Gasteiger partial charge in [-0.1, -0.05) is 19.9 Å². The van der Waals surface area contributed by atoms with Gasteiger partial charge in [-0.15, -0.1) is 0 Å². The van der Waals surface area contributed by atoms with Crippen molar-refractivity contribution in [2.75, 3.05) is 0 Å². The topological polar surface area (TPSA) is 70.9 Å². The van der Waals surface area contributed by atoms with Crippen LogP contribution < -0.4 is 11.1 Å². The Morgan fingerprint density at radius 1 is 1.35 bits per heavy atom. The number of hydrogen-bond acceptors (Lipinski definition) is 2. The Bertz CT molecular complexity index is 601. The number of aromatic amines is 1. The van der Waals surface area contributed by atoms with Crippen molar-refractivity contribution < 1.29 is 4.79 Å². The summed E-state index contributed by atoms with van der Waals surface area (Å²) in [6, 6.07) is 8.14. The standard InChI is InChI=1S/C16H23N3O/c1-10(2)6-15(16(17)20)18-9-12-4-5-14-13(8-12)7-11(3)19-14/h4-5,7-8,10,15,18-19H,6,9H2,1-3H3,(H2,17,20). The van der Waals surface area contributed by atoms with Crippen molar-refractivity contribution in [3.05, 3.63) is 35.5 Å². The Balaban J connectivity index is 2.05. The normalized spacial score (nSPS) is 13.0. The molecule has 108 valence electrons. The predicted octanol–water partition coefficient (Wildman–Crippen LogP) is 2.47. The van der Waals surface area contributed by atoms with Gasteiger partial charge in [-0.25, -0.2) is 0 Å². The molecular formula is C16H23N3O. The Kier molecular flexibility index (Phi) is 4.45. The second-order valence-corrected chi connectivity index (χ2v) is 5.84. The minimum absolute atomic E-state index is 0.265. The van der Waals surface area contributed by atoms with Gasteiger partial charge in [0.15, 0.2) is 0 Å². The van der Waals surface area contributed by atoms with E-state index >= 15 is 0 Å². The van der Waals surface area contributed by atoms with Crippen molar-refractivity contribution in [3.8, 4) is 0 Å². The SMILES string of the molecule is Cc1cc2cc(CNC(CC(C)C)C(N)=O)ccc2[nH]1. The van der Waals surface area contributed by atoms with Crippen LogP contribution in [0.3, 0.4) is 0 Å². The number of rotatable bonds is 6. The maximum absolute atomic E-state index is 11.4. The van der Waals surface area contributed by atoms with E-state index in [2.05, 4.69) is 48.4 Å². The van der Waals surface area contributed by atoms with Gasteiger partial charge in [0.25, 0.3) is 0 Å². The quantitative estimate of drug-likeness (QED) is 0.756. The van der Waals surface area contributed by atoms with Crippen LogP contribution in [0.1, 0.15) is 31.5 Å². The molecule has 0 saturated carbocycles. The fourth-order valence-electron chi connectivity index (χ4n) is 2.45. The molecule has 1 heterocycles. The zero-order valence-corrected chi connectivity index (χ0v) is 12.4. The summed E-state index contributed by atoms with van der Waals surface area (Å²) in [5.74, 6) is 0.159. The van der Waals surface area contributed by atoms with Crippen LogP contribution in [-0.4, -0.2) is 16.9 Å². The van der Waals surface area contributed by atoms with E-state index in [9.17, 15) is 4.79 Å². The number of aryl methyl sites for hydroxylation is 1. The van der Waals surface area contributed by atoms with Crippen LogP contribution in [0.4, 0.5) is 0 Å². The van der Waals surface area contributed by atoms with E-state index in [0.717, 1.165) is 23.2 Å². The second-order valence-electron chi connectivity index (χ2n) is 5.84. The monoisotopic (exact) mass is 273 g/mol. The number of primary amides is 1. The summed E-state index contributed by atoms with van der Waals surface area (Å²) in [5, 5.41) is 4.45. The molecule has 1 atom stereocenters. The molecule has 0 aliphatic rings. The molecule has 4 N–H and O–H groups in total. The van der Waals surface area contributed by atoms with Crippen LogP contribution in [0.5, 0.6) is 0 Å². The lowest BCUT2D eigenvalue weighted by atomic mass is 10.0. The lowest BCUT2D eigenvalue weighted by Gasteiger charge is -2.17. The van der Waals surface area contributed by atoms with Crippen molar-refractivity contribution in [1.82, 2.24) is 10.3 Å². The molecule has 20 heavy (non-hydrogen) atoms. The van der Waals surface area contributed by atoms with Crippen molar-refractivity contribution in [2.45, 2.75) is 39.8 Å². The number of H-pyrrole nitrogens is 1. The van der Waals surface area contributed by atoms with Gasteiger partial charge in [-0.2, -0.15) is 0 Å². The smallest absolute Gasteiger partial charge is 0.234 e. The van der Waals surface area contributed by atoms with E-state index in [-0.39, 0.29) is 11.9 Å². The molecule has 0 saturated heterocycles. The van der Waals surface area contributed by atoms with Crippen LogP contribution in [0.15, 0.2) is 24.3 Å². The Labute approximate surface area is 119 Å². The van der Waals surface area contributed by atoms with Crippen LogP contribution in [-0.2, 0) is 11.3 Å². The number of hydrogen-bond donors (Lipinski definition) is 3. The first-order chi connectivity index (χ1) is 9.45. The summed E-state index contributed by atoms with van der Waals surface area (Å²) in [5.41, 5.74) is 8.89. The maximum atomic E-state index is 11.4. The Hall–Kier alpha value is -1.81. The molecule has 0 bridgehead atoms. The Morgan fingerprint density at radius 3 is 2.75 bits per heavy atom. The lowest BCUT2D eigenvalue weighted by Crippen LogP contribution is -2.41. The summed E-state index contributed by atoms with van der Waals surface area (Å²) in [4.78, 5) is 14.7. The number of amides is 1. The maximum Gasteiger partial charge on any atom is 0.234 e. The molecule has 4 nitrogen and oxygen atoms in total. The highest BCUT2D eigenvalue weighted by atomic mass is 16.1. The third-order valence-electron chi connectivity index (χ3n) is 3.42. The van der Waals surface area contributed by atoms with Gasteiger partial charge in [-0.05, 0) is 48.4 Å². The van der Waals surface area contributed by atoms with E-state index < -0.39 is 0 Å². The number of aromatic nitrogens is 1.